The van der Waals surface area contributed by atoms with Gasteiger partial charge in [-0.15, -0.1) is 0 Å². The van der Waals surface area contributed by atoms with Gasteiger partial charge in [-0.1, -0.05) is 28.1 Å². The van der Waals surface area contributed by atoms with Gasteiger partial charge in [-0.25, -0.2) is 13.2 Å². The number of aryl methyl sites for hydroxylation is 2. The number of nitrogens with two attached hydrogens (primary N) is 1. The molecule has 0 aliphatic rings. The molecule has 1 atom stereocenters. The Labute approximate surface area is 123 Å². The molecule has 2 N–H and O–H groups in total. The number of rotatable bonds is 2. The molecular formula is C15H13BrF3N. The number of hydrogen-bond donors (Lipinski definition) is 1. The Bertz CT molecular complexity index is 624. The summed E-state index contributed by atoms with van der Waals surface area (Å²) in [6.45, 7) is 3.18. The molecule has 20 heavy (non-hydrogen) atoms. The summed E-state index contributed by atoms with van der Waals surface area (Å²) in [6.07, 6.45) is 0. The summed E-state index contributed by atoms with van der Waals surface area (Å²) in [5, 5.41) is 0. The van der Waals surface area contributed by atoms with Crippen molar-refractivity contribution in [2.75, 3.05) is 0 Å². The third-order valence-corrected chi connectivity index (χ3v) is 3.63. The molecule has 0 saturated heterocycles. The van der Waals surface area contributed by atoms with E-state index in [-0.39, 0.29) is 11.4 Å². The zero-order valence-corrected chi connectivity index (χ0v) is 12.6. The lowest BCUT2D eigenvalue weighted by Crippen LogP contribution is -2.16. The highest BCUT2D eigenvalue weighted by Crippen LogP contribution is 2.29. The van der Waals surface area contributed by atoms with Gasteiger partial charge in [0.05, 0.1) is 6.04 Å². The Hall–Kier alpha value is -1.33. The lowest BCUT2D eigenvalue weighted by Gasteiger charge is -2.16. The van der Waals surface area contributed by atoms with Crippen LogP contribution >= 0.6 is 15.9 Å². The largest absolute Gasteiger partial charge is 0.320 e. The Morgan fingerprint density at radius 1 is 0.950 bits per heavy atom. The zero-order valence-electron chi connectivity index (χ0n) is 11.0. The third-order valence-electron chi connectivity index (χ3n) is 3.17. The third kappa shape index (κ3) is 2.74. The molecule has 2 rings (SSSR count). The molecule has 2 aromatic rings. The van der Waals surface area contributed by atoms with Gasteiger partial charge >= 0.3 is 0 Å². The molecule has 0 saturated carbocycles. The predicted octanol–water partition coefficient (Wildman–Crippen LogP) is 4.53. The monoisotopic (exact) mass is 343 g/mol. The van der Waals surface area contributed by atoms with Gasteiger partial charge in [-0.05, 0) is 42.7 Å². The molecule has 0 aromatic heterocycles. The van der Waals surface area contributed by atoms with E-state index < -0.39 is 17.7 Å². The van der Waals surface area contributed by atoms with Crippen molar-refractivity contribution in [3.8, 4) is 0 Å². The van der Waals surface area contributed by atoms with Gasteiger partial charge in [0, 0.05) is 10.0 Å². The fourth-order valence-electron chi connectivity index (χ4n) is 2.18. The van der Waals surface area contributed by atoms with E-state index >= 15 is 0 Å². The maximum atomic E-state index is 13.9. The fourth-order valence-corrected chi connectivity index (χ4v) is 2.58. The van der Waals surface area contributed by atoms with Crippen molar-refractivity contribution in [1.29, 1.82) is 0 Å². The van der Waals surface area contributed by atoms with Gasteiger partial charge in [0.15, 0.2) is 0 Å². The van der Waals surface area contributed by atoms with E-state index in [0.717, 1.165) is 12.1 Å². The molecule has 0 heterocycles. The number of hydrogen-bond acceptors (Lipinski definition) is 1. The standard InChI is InChI=1S/C15H13BrF3N/c1-7-3-9(4-8(2)14(7)19)15(20)13-11(17)5-10(16)6-12(13)18/h3-6,15H,20H2,1-2H3. The van der Waals surface area contributed by atoms with Gasteiger partial charge in [0.1, 0.15) is 17.5 Å². The molecule has 0 aliphatic carbocycles. The van der Waals surface area contributed by atoms with Crippen LogP contribution in [0.1, 0.15) is 28.3 Å². The van der Waals surface area contributed by atoms with E-state index in [0.29, 0.717) is 21.2 Å². The Morgan fingerprint density at radius 2 is 1.40 bits per heavy atom. The maximum absolute atomic E-state index is 13.9. The second-order valence-electron chi connectivity index (χ2n) is 4.73. The van der Waals surface area contributed by atoms with Gasteiger partial charge in [0.2, 0.25) is 0 Å². The van der Waals surface area contributed by atoms with Crippen molar-refractivity contribution < 1.29 is 13.2 Å². The van der Waals surface area contributed by atoms with Crippen LogP contribution in [0.2, 0.25) is 0 Å². The van der Waals surface area contributed by atoms with Crippen molar-refractivity contribution in [3.05, 3.63) is 68.4 Å². The lowest BCUT2D eigenvalue weighted by atomic mass is 9.95. The first-order valence-corrected chi connectivity index (χ1v) is 6.77. The summed E-state index contributed by atoms with van der Waals surface area (Å²) in [7, 11) is 0. The summed E-state index contributed by atoms with van der Waals surface area (Å²) >= 11 is 3.01. The maximum Gasteiger partial charge on any atom is 0.132 e. The molecule has 0 amide bonds. The molecule has 0 aliphatic heterocycles. The molecule has 0 fully saturated rings. The molecule has 0 radical (unpaired) electrons. The number of benzene rings is 2. The minimum atomic E-state index is -0.985. The van der Waals surface area contributed by atoms with Crippen molar-refractivity contribution in [1.82, 2.24) is 0 Å². The highest BCUT2D eigenvalue weighted by atomic mass is 79.9. The lowest BCUT2D eigenvalue weighted by molar-refractivity contribution is 0.541. The second kappa shape index (κ2) is 5.58. The van der Waals surface area contributed by atoms with Crippen molar-refractivity contribution in [2.24, 2.45) is 5.73 Å². The van der Waals surface area contributed by atoms with Crippen LogP contribution < -0.4 is 5.73 Å². The van der Waals surface area contributed by atoms with Crippen molar-refractivity contribution >= 4 is 15.9 Å². The Morgan fingerprint density at radius 3 is 1.85 bits per heavy atom. The predicted molar refractivity (Wildman–Crippen MR) is 76.0 cm³/mol. The molecule has 106 valence electrons. The Kier molecular flexibility index (Phi) is 4.20. The summed E-state index contributed by atoms with van der Waals surface area (Å²) < 4.78 is 41.7. The van der Waals surface area contributed by atoms with Crippen LogP contribution in [0.4, 0.5) is 13.2 Å². The van der Waals surface area contributed by atoms with E-state index in [1.165, 1.54) is 12.1 Å². The minimum absolute atomic E-state index is 0.224. The van der Waals surface area contributed by atoms with Crippen LogP contribution in [0.5, 0.6) is 0 Å². The van der Waals surface area contributed by atoms with E-state index in [2.05, 4.69) is 15.9 Å². The first kappa shape index (κ1) is 15.1. The molecule has 1 nitrogen and oxygen atoms in total. The Balaban J connectivity index is 2.55. The highest BCUT2D eigenvalue weighted by Gasteiger charge is 2.20. The van der Waals surface area contributed by atoms with E-state index in [1.54, 1.807) is 13.8 Å². The average Bonchev–Trinajstić information content (AvgIpc) is 2.33. The molecule has 0 spiro atoms. The van der Waals surface area contributed by atoms with Crippen LogP contribution in [-0.2, 0) is 0 Å². The van der Waals surface area contributed by atoms with Crippen molar-refractivity contribution in [3.63, 3.8) is 0 Å². The normalized spacial score (nSPS) is 12.6. The molecule has 1 unspecified atom stereocenters. The average molecular weight is 344 g/mol. The van der Waals surface area contributed by atoms with Gasteiger partial charge in [0.25, 0.3) is 0 Å². The SMILES string of the molecule is Cc1cc(C(N)c2c(F)cc(Br)cc2F)cc(C)c1F. The summed E-state index contributed by atoms with van der Waals surface area (Å²) in [5.74, 6) is -1.80. The molecule has 2 aromatic carbocycles. The summed E-state index contributed by atoms with van der Waals surface area (Å²) in [5.41, 5.74) is 6.98. The fraction of sp³-hybridized carbons (Fsp3) is 0.200. The van der Waals surface area contributed by atoms with Crippen molar-refractivity contribution in [2.45, 2.75) is 19.9 Å². The molecule has 0 bridgehead atoms. The minimum Gasteiger partial charge on any atom is -0.320 e. The van der Waals surface area contributed by atoms with Gasteiger partial charge in [-0.2, -0.15) is 0 Å². The molecule has 5 heteroatoms. The van der Waals surface area contributed by atoms with Crippen LogP contribution in [-0.4, -0.2) is 0 Å². The zero-order chi connectivity index (χ0) is 15.0. The van der Waals surface area contributed by atoms with E-state index in [1.807, 2.05) is 0 Å². The van der Waals surface area contributed by atoms with Crippen LogP contribution in [0, 0.1) is 31.3 Å². The summed E-state index contributed by atoms with van der Waals surface area (Å²) in [4.78, 5) is 0. The van der Waals surface area contributed by atoms with Crippen LogP contribution in [0.15, 0.2) is 28.7 Å². The van der Waals surface area contributed by atoms with Gasteiger partial charge < -0.3 is 5.73 Å². The quantitative estimate of drug-likeness (QED) is 0.851. The summed E-state index contributed by atoms with van der Waals surface area (Å²) in [6, 6.07) is 4.34. The smallest absolute Gasteiger partial charge is 0.132 e. The second-order valence-corrected chi connectivity index (χ2v) is 5.65. The highest BCUT2D eigenvalue weighted by molar-refractivity contribution is 9.10. The van der Waals surface area contributed by atoms with Gasteiger partial charge in [-0.3, -0.25) is 0 Å². The first-order chi connectivity index (χ1) is 9.31. The number of halogens is 4. The van der Waals surface area contributed by atoms with E-state index in [9.17, 15) is 13.2 Å². The topological polar surface area (TPSA) is 26.0 Å². The first-order valence-electron chi connectivity index (χ1n) is 5.98. The molecular weight excluding hydrogens is 331 g/mol. The van der Waals surface area contributed by atoms with Crippen LogP contribution in [0.25, 0.3) is 0 Å². The van der Waals surface area contributed by atoms with Crippen LogP contribution in [0.3, 0.4) is 0 Å². The van der Waals surface area contributed by atoms with E-state index in [4.69, 9.17) is 5.73 Å².